The van der Waals surface area contributed by atoms with E-state index in [1.54, 1.807) is 6.07 Å². The van der Waals surface area contributed by atoms with Gasteiger partial charge in [0, 0.05) is 16.3 Å². The summed E-state index contributed by atoms with van der Waals surface area (Å²) in [5.41, 5.74) is 3.09. The molecule has 3 rings (SSSR count). The molecule has 0 saturated heterocycles. The Morgan fingerprint density at radius 1 is 1.22 bits per heavy atom. The molecule has 0 unspecified atom stereocenters. The second-order valence-corrected chi connectivity index (χ2v) is 5.61. The number of nitrogens with zero attached hydrogens (tertiary/aromatic N) is 1. The third kappa shape index (κ3) is 3.79. The van der Waals surface area contributed by atoms with E-state index in [0.29, 0.717) is 22.3 Å². The Hall–Kier alpha value is -2.59. The molecule has 5 heteroatoms. The maximum Gasteiger partial charge on any atom is 0.230 e. The van der Waals surface area contributed by atoms with Crippen LogP contribution in [-0.4, -0.2) is 10.9 Å². The topological polar surface area (TPSA) is 55.1 Å². The molecule has 0 aliphatic carbocycles. The zero-order valence-electron chi connectivity index (χ0n) is 12.5. The van der Waals surface area contributed by atoms with Crippen molar-refractivity contribution in [2.45, 2.75) is 13.3 Å². The zero-order chi connectivity index (χ0) is 16.2. The van der Waals surface area contributed by atoms with Crippen molar-refractivity contribution in [2.24, 2.45) is 0 Å². The number of carbonyl (C=O) groups is 1. The third-order valence-corrected chi connectivity index (χ3v) is 3.78. The molecule has 0 radical (unpaired) electrons. The third-order valence-electron chi connectivity index (χ3n) is 3.37. The summed E-state index contributed by atoms with van der Waals surface area (Å²) in [7, 11) is 0. The van der Waals surface area contributed by atoms with Crippen molar-refractivity contribution in [2.75, 3.05) is 5.32 Å². The summed E-state index contributed by atoms with van der Waals surface area (Å²) in [5, 5.41) is 3.42. The highest BCUT2D eigenvalue weighted by Crippen LogP contribution is 2.21. The zero-order valence-corrected chi connectivity index (χ0v) is 13.3. The molecule has 116 valence electrons. The van der Waals surface area contributed by atoms with Gasteiger partial charge >= 0.3 is 0 Å². The highest BCUT2D eigenvalue weighted by Gasteiger charge is 2.11. The highest BCUT2D eigenvalue weighted by molar-refractivity contribution is 6.31. The smallest absolute Gasteiger partial charge is 0.230 e. The van der Waals surface area contributed by atoms with Crippen LogP contribution >= 0.6 is 11.6 Å². The van der Waals surface area contributed by atoms with Gasteiger partial charge < -0.3 is 9.73 Å². The second kappa shape index (κ2) is 6.67. The Morgan fingerprint density at radius 3 is 2.74 bits per heavy atom. The Bertz CT molecular complexity index is 828. The molecular formula is C18H15ClN2O2. The first-order chi connectivity index (χ1) is 11.1. The molecule has 1 amide bonds. The van der Waals surface area contributed by atoms with Crippen LogP contribution < -0.4 is 5.32 Å². The van der Waals surface area contributed by atoms with Gasteiger partial charge in [-0.25, -0.2) is 4.98 Å². The molecule has 0 spiro atoms. The van der Waals surface area contributed by atoms with Gasteiger partial charge in [-0.15, -0.1) is 0 Å². The second-order valence-electron chi connectivity index (χ2n) is 5.20. The molecular weight excluding hydrogens is 312 g/mol. The van der Waals surface area contributed by atoms with Crippen molar-refractivity contribution in [1.29, 1.82) is 0 Å². The summed E-state index contributed by atoms with van der Waals surface area (Å²) in [6.45, 7) is 1.91. The quantitative estimate of drug-likeness (QED) is 0.768. The largest absolute Gasteiger partial charge is 0.444 e. The van der Waals surface area contributed by atoms with E-state index < -0.39 is 0 Å². The number of halogens is 1. The van der Waals surface area contributed by atoms with Crippen molar-refractivity contribution in [3.05, 3.63) is 71.1 Å². The summed E-state index contributed by atoms with van der Waals surface area (Å²) < 4.78 is 5.42. The predicted molar refractivity (Wildman–Crippen MR) is 90.5 cm³/mol. The SMILES string of the molecule is Cc1ccc(NC(=O)Cc2coc(-c3ccccc3)n2)cc1Cl. The molecule has 0 bridgehead atoms. The Morgan fingerprint density at radius 2 is 2.00 bits per heavy atom. The summed E-state index contributed by atoms with van der Waals surface area (Å²) in [4.78, 5) is 16.4. The van der Waals surface area contributed by atoms with Crippen LogP contribution in [0.4, 0.5) is 5.69 Å². The number of hydrogen-bond acceptors (Lipinski definition) is 3. The number of anilines is 1. The van der Waals surface area contributed by atoms with Crippen LogP contribution in [-0.2, 0) is 11.2 Å². The van der Waals surface area contributed by atoms with Crippen LogP contribution in [0.25, 0.3) is 11.5 Å². The molecule has 0 saturated carbocycles. The Kier molecular flexibility index (Phi) is 4.44. The van der Waals surface area contributed by atoms with Gasteiger partial charge in [-0.05, 0) is 36.8 Å². The van der Waals surface area contributed by atoms with Gasteiger partial charge in [0.2, 0.25) is 11.8 Å². The van der Waals surface area contributed by atoms with E-state index in [9.17, 15) is 4.79 Å². The molecule has 1 heterocycles. The summed E-state index contributed by atoms with van der Waals surface area (Å²) in [5.74, 6) is 0.338. The number of carbonyl (C=O) groups excluding carboxylic acids is 1. The molecule has 4 nitrogen and oxygen atoms in total. The maximum absolute atomic E-state index is 12.1. The van der Waals surface area contributed by atoms with Crippen molar-refractivity contribution < 1.29 is 9.21 Å². The van der Waals surface area contributed by atoms with E-state index in [0.717, 1.165) is 11.1 Å². The van der Waals surface area contributed by atoms with Gasteiger partial charge in [0.05, 0.1) is 12.1 Å². The van der Waals surface area contributed by atoms with Crippen LogP contribution in [0.2, 0.25) is 5.02 Å². The van der Waals surface area contributed by atoms with E-state index in [4.69, 9.17) is 16.0 Å². The fourth-order valence-corrected chi connectivity index (χ4v) is 2.32. The predicted octanol–water partition coefficient (Wildman–Crippen LogP) is 4.48. The number of rotatable bonds is 4. The number of hydrogen-bond donors (Lipinski definition) is 1. The van der Waals surface area contributed by atoms with E-state index in [1.807, 2.05) is 49.4 Å². The van der Waals surface area contributed by atoms with Gasteiger partial charge in [0.1, 0.15) is 6.26 Å². The van der Waals surface area contributed by atoms with Gasteiger partial charge in [0.15, 0.2) is 0 Å². The van der Waals surface area contributed by atoms with Gasteiger partial charge in [0.25, 0.3) is 0 Å². The summed E-state index contributed by atoms with van der Waals surface area (Å²) in [6.07, 6.45) is 1.64. The molecule has 3 aromatic rings. The lowest BCUT2D eigenvalue weighted by atomic mass is 10.2. The average molecular weight is 327 g/mol. The minimum Gasteiger partial charge on any atom is -0.444 e. The summed E-state index contributed by atoms with van der Waals surface area (Å²) >= 11 is 6.05. The Balaban J connectivity index is 1.66. The molecule has 0 atom stereocenters. The lowest BCUT2D eigenvalue weighted by Gasteiger charge is -2.05. The van der Waals surface area contributed by atoms with E-state index in [-0.39, 0.29) is 12.3 Å². The maximum atomic E-state index is 12.1. The van der Waals surface area contributed by atoms with Crippen molar-refractivity contribution in [3.63, 3.8) is 0 Å². The first-order valence-corrected chi connectivity index (χ1v) is 7.55. The number of oxazole rings is 1. The number of nitrogens with one attached hydrogen (secondary N) is 1. The number of aryl methyl sites for hydroxylation is 1. The Labute approximate surface area is 139 Å². The minimum absolute atomic E-state index is 0.141. The lowest BCUT2D eigenvalue weighted by molar-refractivity contribution is -0.115. The first-order valence-electron chi connectivity index (χ1n) is 7.17. The minimum atomic E-state index is -0.169. The van der Waals surface area contributed by atoms with Crippen LogP contribution in [0, 0.1) is 6.92 Å². The molecule has 0 fully saturated rings. The van der Waals surface area contributed by atoms with Gasteiger partial charge in [-0.2, -0.15) is 0 Å². The lowest BCUT2D eigenvalue weighted by Crippen LogP contribution is -2.14. The fraction of sp³-hybridized carbons (Fsp3) is 0.111. The first kappa shape index (κ1) is 15.3. The van der Waals surface area contributed by atoms with Crippen LogP contribution in [0.15, 0.2) is 59.2 Å². The van der Waals surface area contributed by atoms with E-state index >= 15 is 0 Å². The molecule has 1 aromatic heterocycles. The number of benzene rings is 2. The normalized spacial score (nSPS) is 10.5. The number of aromatic nitrogens is 1. The van der Waals surface area contributed by atoms with Crippen molar-refractivity contribution in [1.82, 2.24) is 4.98 Å². The van der Waals surface area contributed by atoms with Crippen LogP contribution in [0.5, 0.6) is 0 Å². The highest BCUT2D eigenvalue weighted by atomic mass is 35.5. The molecule has 23 heavy (non-hydrogen) atoms. The van der Waals surface area contributed by atoms with Gasteiger partial charge in [-0.1, -0.05) is 35.9 Å². The van der Waals surface area contributed by atoms with E-state index in [2.05, 4.69) is 10.3 Å². The molecule has 2 aromatic carbocycles. The van der Waals surface area contributed by atoms with Crippen molar-refractivity contribution >= 4 is 23.2 Å². The monoisotopic (exact) mass is 326 g/mol. The van der Waals surface area contributed by atoms with E-state index in [1.165, 1.54) is 6.26 Å². The molecule has 0 aliphatic rings. The summed E-state index contributed by atoms with van der Waals surface area (Å²) in [6, 6.07) is 15.0. The average Bonchev–Trinajstić information content (AvgIpc) is 3.00. The van der Waals surface area contributed by atoms with Crippen LogP contribution in [0.3, 0.4) is 0 Å². The fourth-order valence-electron chi connectivity index (χ4n) is 2.14. The number of amides is 1. The van der Waals surface area contributed by atoms with Crippen LogP contribution in [0.1, 0.15) is 11.3 Å². The van der Waals surface area contributed by atoms with Crippen molar-refractivity contribution in [3.8, 4) is 11.5 Å². The molecule has 0 aliphatic heterocycles. The standard InChI is InChI=1S/C18H15ClN2O2/c1-12-7-8-14(9-16(12)19)20-17(22)10-15-11-23-18(21-15)13-5-3-2-4-6-13/h2-9,11H,10H2,1H3,(H,20,22). The molecule has 1 N–H and O–H groups in total. The van der Waals surface area contributed by atoms with Gasteiger partial charge in [-0.3, -0.25) is 4.79 Å².